The van der Waals surface area contributed by atoms with Crippen molar-refractivity contribution in [3.8, 4) is 0 Å². The van der Waals surface area contributed by atoms with E-state index < -0.39 is 66.9 Å². The van der Waals surface area contributed by atoms with Crippen LogP contribution in [0, 0.1) is 38.4 Å². The molecule has 7 aromatic heterocycles. The summed E-state index contributed by atoms with van der Waals surface area (Å²) >= 11 is 3.65. The van der Waals surface area contributed by atoms with E-state index in [1.165, 1.54) is 46.3 Å². The lowest BCUT2D eigenvalue weighted by molar-refractivity contribution is -0.150. The number of fused-ring (bicyclic) bond motifs is 2. The number of imidazole rings is 1. The highest BCUT2D eigenvalue weighted by Crippen LogP contribution is 2.51. The van der Waals surface area contributed by atoms with Gasteiger partial charge in [-0.15, -0.1) is 0 Å². The van der Waals surface area contributed by atoms with Gasteiger partial charge in [0, 0.05) is 128 Å². The monoisotopic (exact) mass is 1640 g/mol. The molecule has 4 saturated heterocycles. The number of ether oxygens (including phenoxy) is 1. The van der Waals surface area contributed by atoms with E-state index in [-0.39, 0.29) is 87.0 Å². The second kappa shape index (κ2) is 31.3. The summed E-state index contributed by atoms with van der Waals surface area (Å²) in [6.07, 6.45) is -12.6. The minimum absolute atomic E-state index is 0. The SMILES string of the molecule is Cc1cc(Nc2cc(N3CC(F)(C4CC4)C3)nc(Sc3ccc4c(c3)CN(CC(F)(F)F)C4=O)n2)n[nH]1.Cc1cc(Nc2cc(N3CC(N4CCOCC4)C3)nc(Sc3ccc4nc(CC(F)(F)F)n(C)c4c3)n2)n[nH]1.Cc1cc(Nc2nc(Sc3ccc(NC(=O)CC(F)(F)F)cc3)nc(N3CC(F)(C4CC4)C3)c2F)n[nH]1.[HH].[HH].[HH].[HH].[HH].[HH]. The van der Waals surface area contributed by atoms with Crippen LogP contribution in [0.25, 0.3) is 11.0 Å². The number of anilines is 10. The fourth-order valence-electron chi connectivity index (χ4n) is 13.7. The molecule has 7 N–H and O–H groups in total. The molecule has 7 aliphatic rings. The molecule has 0 spiro atoms. The number of amides is 2. The fourth-order valence-corrected chi connectivity index (χ4v) is 16.1. The molecule has 10 aromatic rings. The third-order valence-electron chi connectivity index (χ3n) is 19.6. The van der Waals surface area contributed by atoms with Crippen LogP contribution in [0.3, 0.4) is 0 Å². The van der Waals surface area contributed by atoms with E-state index in [2.05, 4.69) is 86.6 Å². The number of morpholine rings is 1. The number of aromatic amines is 3. The first-order chi connectivity index (χ1) is 53.7. The fraction of sp³-hybridized carbons (Fsp3) is 0.417. The van der Waals surface area contributed by atoms with Gasteiger partial charge in [-0.2, -0.15) is 59.2 Å². The number of nitrogens with zero attached hydrogens (tertiary/aromatic N) is 16. The number of rotatable bonds is 22. The predicted octanol–water partition coefficient (Wildman–Crippen LogP) is 15.6. The van der Waals surface area contributed by atoms with Gasteiger partial charge >= 0.3 is 18.5 Å². The molecule has 41 heteroatoms. The number of hydrogen-bond acceptors (Lipinski definition) is 23. The first-order valence-corrected chi connectivity index (χ1v) is 38.4. The van der Waals surface area contributed by atoms with Gasteiger partial charge in [0.2, 0.25) is 11.7 Å². The van der Waals surface area contributed by atoms with Gasteiger partial charge in [0.05, 0.1) is 50.4 Å². The van der Waals surface area contributed by atoms with Crippen molar-refractivity contribution in [2.75, 3.05) is 108 Å². The number of aryl methyl sites for hydroxylation is 4. The zero-order valence-corrected chi connectivity index (χ0v) is 63.2. The van der Waals surface area contributed by atoms with Gasteiger partial charge < -0.3 is 50.2 Å². The molecule has 2 saturated carbocycles. The highest BCUT2D eigenvalue weighted by molar-refractivity contribution is 7.99. The molecule has 3 aromatic carbocycles. The molecular formula is C72H85F12N23O3S3. The molecule has 0 bridgehead atoms. The number of hydrogen-bond donors (Lipinski definition) is 7. The molecule has 5 aliphatic heterocycles. The summed E-state index contributed by atoms with van der Waals surface area (Å²) in [5, 5.41) is 33.5. The van der Waals surface area contributed by atoms with Crippen LogP contribution in [0.5, 0.6) is 0 Å². The van der Waals surface area contributed by atoms with Crippen LogP contribution in [0.2, 0.25) is 0 Å². The Morgan fingerprint density at radius 2 is 1.12 bits per heavy atom. The van der Waals surface area contributed by atoms with E-state index in [1.54, 1.807) is 61.3 Å². The van der Waals surface area contributed by atoms with Gasteiger partial charge in [0.25, 0.3) is 5.91 Å². The first kappa shape index (κ1) is 78.2. The summed E-state index contributed by atoms with van der Waals surface area (Å²) in [5.41, 5.74) is 2.14. The van der Waals surface area contributed by atoms with Crippen molar-refractivity contribution in [1.29, 1.82) is 0 Å². The quantitative estimate of drug-likeness (QED) is 0.0245. The largest absolute Gasteiger partial charge is 0.406 e. The predicted molar refractivity (Wildman–Crippen MR) is 410 cm³/mol. The average molecular weight is 1640 g/mol. The molecule has 17 rings (SSSR count). The van der Waals surface area contributed by atoms with Crippen molar-refractivity contribution in [3.05, 3.63) is 131 Å². The van der Waals surface area contributed by atoms with Crippen molar-refractivity contribution in [2.45, 2.75) is 132 Å². The standard InChI is InChI=1S/C25H28F3N9OS.C24H23F4N7OS.C23H22F5N7OS.6H2/c1-15-9-21(34-33-15)30-20-11-22(37-13-16(14-37)36-5-7-38-8-6-36)32-24(31-20)39-17-3-4-18-19(10-17)35(2)23(29-18)12-25(26,27)28;1-13-6-19(33-32-13)29-18-8-20(35-10-23(25,11-35)15-2-3-15)31-22(30-18)37-16-4-5-17-14(7-16)9-34(21(17)36)12-24(26,27)28;1-12-8-16(34-33-12)30-19-18(24)20(35-10-22(25,11-35)13-2-3-13)32-21(31-19)37-15-6-4-14(5-7-15)29-17(36)9-23(26,27)28;;;;;;/h3-4,9-11,16H,5-8,12-14H2,1-2H3,(H2,30,31,32,33,34);4-8,15H,2-3,9-12H2,1H3,(H2,29,30,31,32,33);4-8,13H,2-3,9-11H2,1H3,(H,29,36)(H2,30,31,32,33,34);6*1H. The Morgan fingerprint density at radius 1 is 0.593 bits per heavy atom. The van der Waals surface area contributed by atoms with E-state index in [0.29, 0.717) is 77.6 Å². The van der Waals surface area contributed by atoms with Crippen molar-refractivity contribution in [1.82, 2.24) is 79.8 Å². The number of carbonyl (C=O) groups is 2. The van der Waals surface area contributed by atoms with E-state index in [9.17, 15) is 57.9 Å². The maximum atomic E-state index is 15.4. The first-order valence-electron chi connectivity index (χ1n) is 35.9. The van der Waals surface area contributed by atoms with Crippen LogP contribution in [0.1, 0.15) is 79.5 Å². The zero-order valence-electron chi connectivity index (χ0n) is 60.8. The molecule has 113 heavy (non-hydrogen) atoms. The Bertz CT molecular complexity index is 5180. The van der Waals surface area contributed by atoms with Crippen LogP contribution < -0.4 is 36.0 Å². The van der Waals surface area contributed by atoms with E-state index in [0.717, 1.165) is 110 Å². The van der Waals surface area contributed by atoms with Gasteiger partial charge in [-0.05, 0) is 160 Å². The topological polar surface area (TPSA) is 289 Å². The molecular weight excluding hydrogens is 1560 g/mol. The van der Waals surface area contributed by atoms with Gasteiger partial charge in [-0.1, -0.05) is 0 Å². The summed E-state index contributed by atoms with van der Waals surface area (Å²) in [4.78, 5) is 66.3. The number of alkyl halides is 11. The molecule has 12 heterocycles. The van der Waals surface area contributed by atoms with Crippen LogP contribution in [-0.2, 0) is 29.5 Å². The Labute approximate surface area is 658 Å². The van der Waals surface area contributed by atoms with Gasteiger partial charge in [0.15, 0.2) is 44.6 Å². The lowest BCUT2D eigenvalue weighted by Gasteiger charge is -2.47. The molecule has 0 unspecified atom stereocenters. The molecule has 0 atom stereocenters. The zero-order chi connectivity index (χ0) is 79.5. The summed E-state index contributed by atoms with van der Waals surface area (Å²) in [6.45, 7) is 9.96. The highest BCUT2D eigenvalue weighted by Gasteiger charge is 2.56. The second-order valence-electron chi connectivity index (χ2n) is 28.8. The average Bonchev–Trinajstić information content (AvgIpc) is 1.66. The van der Waals surface area contributed by atoms with Crippen LogP contribution in [-0.4, -0.2) is 200 Å². The Kier molecular flexibility index (Phi) is 21.7. The summed E-state index contributed by atoms with van der Waals surface area (Å²) in [7, 11) is 1.60. The Balaban J connectivity index is 0.000000198. The van der Waals surface area contributed by atoms with Crippen LogP contribution in [0.15, 0.2) is 121 Å². The number of nitrogens with one attached hydrogen (secondary N) is 7. The second-order valence-corrected chi connectivity index (χ2v) is 31.9. The van der Waals surface area contributed by atoms with Crippen LogP contribution >= 0.6 is 35.3 Å². The van der Waals surface area contributed by atoms with Crippen molar-refractivity contribution in [3.63, 3.8) is 0 Å². The van der Waals surface area contributed by atoms with Gasteiger partial charge in [-0.3, -0.25) is 29.8 Å². The number of H-pyrrole nitrogens is 3. The van der Waals surface area contributed by atoms with E-state index in [1.807, 2.05) is 49.1 Å². The Hall–Kier alpha value is -10.1. The van der Waals surface area contributed by atoms with Crippen molar-refractivity contribution < 1.29 is 75.6 Å². The van der Waals surface area contributed by atoms with Crippen molar-refractivity contribution >= 4 is 116 Å². The smallest absolute Gasteiger partial charge is 0.379 e. The summed E-state index contributed by atoms with van der Waals surface area (Å²) < 4.78 is 167. The maximum absolute atomic E-state index is 15.4. The normalized spacial score (nSPS) is 17.5. The molecule has 0 radical (unpaired) electrons. The molecule has 26 nitrogen and oxygen atoms in total. The van der Waals surface area contributed by atoms with Crippen LogP contribution in [0.4, 0.5) is 111 Å². The highest BCUT2D eigenvalue weighted by atomic mass is 32.2. The minimum atomic E-state index is -4.60. The molecule has 2 amide bonds. The number of benzene rings is 3. The lowest BCUT2D eigenvalue weighted by Crippen LogP contribution is -2.61. The summed E-state index contributed by atoms with van der Waals surface area (Å²) in [6, 6.07) is 25.8. The van der Waals surface area contributed by atoms with Crippen molar-refractivity contribution in [2.24, 2.45) is 18.9 Å². The lowest BCUT2D eigenvalue weighted by atomic mass is 9.91. The van der Waals surface area contributed by atoms with Gasteiger partial charge in [0.1, 0.15) is 59.8 Å². The van der Waals surface area contributed by atoms with Gasteiger partial charge in [-0.25, -0.2) is 43.7 Å². The number of carbonyl (C=O) groups excluding carboxylic acids is 2. The third-order valence-corrected chi connectivity index (χ3v) is 22.2. The van der Waals surface area contributed by atoms with E-state index in [4.69, 9.17) is 14.7 Å². The maximum Gasteiger partial charge on any atom is 0.406 e. The number of aromatic nitrogens is 14. The third kappa shape index (κ3) is 19.2. The Morgan fingerprint density at radius 3 is 1.65 bits per heavy atom. The molecule has 608 valence electrons. The minimum Gasteiger partial charge on any atom is -0.379 e. The van der Waals surface area contributed by atoms with E-state index >= 15 is 4.39 Å². The number of halogens is 12. The summed E-state index contributed by atoms with van der Waals surface area (Å²) in [5.74, 6) is 1.44. The molecule has 6 fully saturated rings. The molecule has 2 aliphatic carbocycles.